The van der Waals surface area contributed by atoms with Crippen LogP contribution in [-0.2, 0) is 0 Å². The first kappa shape index (κ1) is 14.5. The van der Waals surface area contributed by atoms with E-state index in [1.54, 1.807) is 0 Å². The molecular weight excluding hydrogens is 269 g/mol. The highest BCUT2D eigenvalue weighted by Crippen LogP contribution is 2.30. The molecule has 0 bridgehead atoms. The summed E-state index contributed by atoms with van der Waals surface area (Å²) in [5.74, 6) is -0.164. The summed E-state index contributed by atoms with van der Waals surface area (Å²) in [4.78, 5) is 3.72. The summed E-state index contributed by atoms with van der Waals surface area (Å²) in [5.41, 5.74) is 5.57. The quantitative estimate of drug-likeness (QED) is 0.418. The topological polar surface area (TPSA) is 70.6 Å². The molecule has 1 aliphatic carbocycles. The van der Waals surface area contributed by atoms with Gasteiger partial charge in [-0.2, -0.15) is 0 Å². The molecule has 0 saturated carbocycles. The maximum Gasteiger partial charge on any atom is 0.195 e. The third-order valence-corrected chi connectivity index (χ3v) is 3.93. The molecule has 0 spiro atoms. The van der Waals surface area contributed by atoms with Gasteiger partial charge in [0.25, 0.3) is 0 Å². The van der Waals surface area contributed by atoms with E-state index in [1.165, 1.54) is 0 Å². The first-order valence-electron chi connectivity index (χ1n) is 6.49. The second kappa shape index (κ2) is 6.50. The number of hydrogen-bond donors (Lipinski definition) is 3. The predicted molar refractivity (Wildman–Crippen MR) is 74.4 cm³/mol. The van der Waals surface area contributed by atoms with Crippen LogP contribution in [0.2, 0.25) is 0 Å². The zero-order valence-electron chi connectivity index (χ0n) is 10.6. The molecule has 0 saturated heterocycles. The van der Waals surface area contributed by atoms with Gasteiger partial charge in [-0.05, 0) is 31.7 Å². The largest absolute Gasteiger partial charge is 0.392 e. The van der Waals surface area contributed by atoms with E-state index in [0.717, 1.165) is 12.6 Å². The Morgan fingerprint density at radius 3 is 3.11 bits per heavy atom. The minimum absolute atomic E-state index is 0.0396. The van der Waals surface area contributed by atoms with Crippen LogP contribution in [0.15, 0.2) is 28.7 Å². The maximum atomic E-state index is 13.5. The maximum absolute atomic E-state index is 13.5. The normalized spacial score (nSPS) is 34.5. The van der Waals surface area contributed by atoms with Crippen LogP contribution in [0.5, 0.6) is 0 Å². The molecule has 4 N–H and O–H groups in total. The molecule has 0 amide bonds. The smallest absolute Gasteiger partial charge is 0.195 e. The van der Waals surface area contributed by atoms with Gasteiger partial charge in [0, 0.05) is 5.92 Å². The van der Waals surface area contributed by atoms with Gasteiger partial charge < -0.3 is 16.2 Å². The van der Waals surface area contributed by atoms with E-state index in [2.05, 4.69) is 16.4 Å². The number of alkyl halides is 1. The summed E-state index contributed by atoms with van der Waals surface area (Å²) < 4.78 is 13.5. The van der Waals surface area contributed by atoms with Crippen LogP contribution < -0.4 is 11.1 Å². The van der Waals surface area contributed by atoms with Gasteiger partial charge in [0.1, 0.15) is 0 Å². The molecule has 1 aliphatic heterocycles. The number of nitrogens with zero attached hydrogens (tertiary/aromatic N) is 1. The van der Waals surface area contributed by atoms with Crippen molar-refractivity contribution in [2.24, 2.45) is 22.6 Å². The Morgan fingerprint density at radius 2 is 2.37 bits per heavy atom. The third-order valence-electron chi connectivity index (χ3n) is 3.71. The van der Waals surface area contributed by atoms with Gasteiger partial charge in [0.05, 0.1) is 18.0 Å². The molecule has 106 valence electrons. The van der Waals surface area contributed by atoms with E-state index in [4.69, 9.17) is 17.3 Å². The van der Waals surface area contributed by atoms with Crippen LogP contribution in [0, 0.1) is 11.8 Å². The van der Waals surface area contributed by atoms with Gasteiger partial charge in [-0.15, -0.1) is 0 Å². The van der Waals surface area contributed by atoms with Crippen LogP contribution >= 0.6 is 11.6 Å². The number of allylic oxidation sites excluding steroid dienone is 3. The highest BCUT2D eigenvalue weighted by atomic mass is 35.5. The summed E-state index contributed by atoms with van der Waals surface area (Å²) in [6.45, 7) is 0.435. The molecule has 6 heteroatoms. The molecule has 0 aromatic rings. The van der Waals surface area contributed by atoms with Crippen molar-refractivity contribution < 1.29 is 9.50 Å². The Kier molecular flexibility index (Phi) is 4.96. The van der Waals surface area contributed by atoms with Crippen LogP contribution in [0.3, 0.4) is 0 Å². The fraction of sp³-hybridized carbons (Fsp3) is 0.615. The van der Waals surface area contributed by atoms with Gasteiger partial charge in [0.15, 0.2) is 11.5 Å². The Bertz CT molecular complexity index is 411. The van der Waals surface area contributed by atoms with Crippen molar-refractivity contribution >= 4 is 17.8 Å². The highest BCUT2D eigenvalue weighted by molar-refractivity contribution is 6.21. The van der Waals surface area contributed by atoms with Gasteiger partial charge in [-0.1, -0.05) is 23.8 Å². The zero-order valence-corrected chi connectivity index (χ0v) is 11.4. The molecule has 0 aromatic heterocycles. The molecule has 2 rings (SSSR count). The molecule has 1 heterocycles. The molecule has 4 atom stereocenters. The lowest BCUT2D eigenvalue weighted by molar-refractivity contribution is 0.0813. The standard InChI is InChI=1S/C13H19ClFN3O/c14-13-17-7-10(15)11(18-13)5-4-8-2-1-3-12(19)9(8)6-16/h1-2,7-9,12-13,18-19H,3-6,16H2. The number of aliphatic hydroxyl groups excluding tert-OH is 1. The van der Waals surface area contributed by atoms with E-state index in [1.807, 2.05) is 6.08 Å². The second-order valence-electron chi connectivity index (χ2n) is 4.92. The molecule has 19 heavy (non-hydrogen) atoms. The van der Waals surface area contributed by atoms with Crippen molar-refractivity contribution in [2.75, 3.05) is 6.54 Å². The minimum atomic E-state index is -0.604. The summed E-state index contributed by atoms with van der Waals surface area (Å²) in [7, 11) is 0. The Balaban J connectivity index is 1.96. The van der Waals surface area contributed by atoms with E-state index in [9.17, 15) is 9.50 Å². The summed E-state index contributed by atoms with van der Waals surface area (Å²) in [6, 6.07) is 0. The number of aliphatic imine (C=N–C) groups is 1. The first-order chi connectivity index (χ1) is 9.11. The van der Waals surface area contributed by atoms with E-state index < -0.39 is 11.7 Å². The predicted octanol–water partition coefficient (Wildman–Crippen LogP) is 1.66. The van der Waals surface area contributed by atoms with E-state index in [-0.39, 0.29) is 17.7 Å². The van der Waals surface area contributed by atoms with Crippen LogP contribution in [0.1, 0.15) is 19.3 Å². The van der Waals surface area contributed by atoms with E-state index >= 15 is 0 Å². The fourth-order valence-corrected chi connectivity index (χ4v) is 2.79. The zero-order chi connectivity index (χ0) is 13.8. The van der Waals surface area contributed by atoms with Gasteiger partial charge >= 0.3 is 0 Å². The average Bonchev–Trinajstić information content (AvgIpc) is 2.40. The lowest BCUT2D eigenvalue weighted by atomic mass is 9.79. The van der Waals surface area contributed by atoms with Crippen molar-refractivity contribution in [1.82, 2.24) is 5.32 Å². The van der Waals surface area contributed by atoms with Gasteiger partial charge in [-0.3, -0.25) is 4.99 Å². The molecule has 2 aliphatic rings. The Hall–Kier alpha value is -0.910. The third kappa shape index (κ3) is 3.55. The number of nitrogens with two attached hydrogens (primary N) is 1. The molecule has 4 unspecified atom stereocenters. The summed E-state index contributed by atoms with van der Waals surface area (Å²) >= 11 is 5.79. The first-order valence-corrected chi connectivity index (χ1v) is 6.92. The minimum Gasteiger partial charge on any atom is -0.392 e. The van der Waals surface area contributed by atoms with E-state index in [0.29, 0.717) is 25.1 Å². The van der Waals surface area contributed by atoms with Crippen molar-refractivity contribution in [1.29, 1.82) is 0 Å². The highest BCUT2D eigenvalue weighted by Gasteiger charge is 2.28. The SMILES string of the molecule is NCC1C(O)CC=CC1CCC1=C(F)C=NC(Cl)N1. The Morgan fingerprint density at radius 1 is 1.58 bits per heavy atom. The summed E-state index contributed by atoms with van der Waals surface area (Å²) in [5, 5.41) is 12.7. The monoisotopic (exact) mass is 287 g/mol. The van der Waals surface area contributed by atoms with Gasteiger partial charge in [-0.25, -0.2) is 4.39 Å². The second-order valence-corrected chi connectivity index (χ2v) is 5.33. The number of aliphatic hydroxyl groups is 1. The lowest BCUT2D eigenvalue weighted by Gasteiger charge is -2.31. The van der Waals surface area contributed by atoms with Crippen molar-refractivity contribution in [3.05, 3.63) is 23.7 Å². The van der Waals surface area contributed by atoms with Crippen LogP contribution in [0.25, 0.3) is 0 Å². The average molecular weight is 288 g/mol. The number of nitrogens with one attached hydrogen (secondary N) is 1. The van der Waals surface area contributed by atoms with Crippen LogP contribution in [0.4, 0.5) is 4.39 Å². The summed E-state index contributed by atoms with van der Waals surface area (Å²) in [6.07, 6.45) is 6.67. The number of halogens is 2. The molecule has 4 nitrogen and oxygen atoms in total. The van der Waals surface area contributed by atoms with Crippen LogP contribution in [-0.4, -0.2) is 29.6 Å². The number of hydrogen-bond acceptors (Lipinski definition) is 4. The molecule has 0 fully saturated rings. The fourth-order valence-electron chi connectivity index (χ4n) is 2.60. The molecular formula is C13H19ClFN3O. The Labute approximate surface area is 117 Å². The van der Waals surface area contributed by atoms with Crippen molar-refractivity contribution in [2.45, 2.75) is 31.0 Å². The van der Waals surface area contributed by atoms with Crippen molar-refractivity contribution in [3.63, 3.8) is 0 Å². The lowest BCUT2D eigenvalue weighted by Crippen LogP contribution is -2.36. The van der Waals surface area contributed by atoms with Crippen molar-refractivity contribution in [3.8, 4) is 0 Å². The molecule has 0 aromatic carbocycles. The molecule has 0 radical (unpaired) electrons. The van der Waals surface area contributed by atoms with Gasteiger partial charge in [0.2, 0.25) is 0 Å². The number of rotatable bonds is 4.